The van der Waals surface area contributed by atoms with E-state index in [9.17, 15) is 5.11 Å². The number of aliphatic hydroxyl groups is 1. The molecule has 1 fully saturated rings. The summed E-state index contributed by atoms with van der Waals surface area (Å²) in [5, 5.41) is 10.0. The third kappa shape index (κ3) is 3.01. The van der Waals surface area contributed by atoms with Crippen molar-refractivity contribution in [3.8, 4) is 0 Å². The number of nitrogens with zero attached hydrogens (tertiary/aromatic N) is 1. The lowest BCUT2D eigenvalue weighted by molar-refractivity contribution is 0.0736. The van der Waals surface area contributed by atoms with E-state index in [0.717, 1.165) is 19.4 Å². The minimum absolute atomic E-state index is 0.102. The summed E-state index contributed by atoms with van der Waals surface area (Å²) in [6.45, 7) is 3.11. The summed E-state index contributed by atoms with van der Waals surface area (Å²) >= 11 is 0. The van der Waals surface area contributed by atoms with Crippen molar-refractivity contribution in [2.75, 3.05) is 18.5 Å². The summed E-state index contributed by atoms with van der Waals surface area (Å²) in [7, 11) is 2.13. The van der Waals surface area contributed by atoms with Gasteiger partial charge >= 0.3 is 0 Å². The van der Waals surface area contributed by atoms with Crippen molar-refractivity contribution < 1.29 is 5.11 Å². The van der Waals surface area contributed by atoms with Gasteiger partial charge in [-0.3, -0.25) is 0 Å². The number of anilines is 1. The minimum atomic E-state index is -0.102. The third-order valence-corrected chi connectivity index (χ3v) is 3.90. The van der Waals surface area contributed by atoms with E-state index in [2.05, 4.69) is 43.1 Å². The van der Waals surface area contributed by atoms with Crippen molar-refractivity contribution in [3.05, 3.63) is 29.8 Å². The van der Waals surface area contributed by atoms with Gasteiger partial charge in [0.15, 0.2) is 0 Å². The Bertz CT molecular complexity index is 364. The molecule has 1 saturated carbocycles. The number of hydrogen-bond donors (Lipinski definition) is 1. The van der Waals surface area contributed by atoms with Gasteiger partial charge in [-0.25, -0.2) is 0 Å². The van der Waals surface area contributed by atoms with Crippen LogP contribution in [0.4, 0.5) is 5.69 Å². The lowest BCUT2D eigenvalue weighted by atomic mass is 9.86. The first-order valence-electron chi connectivity index (χ1n) is 6.63. The largest absolute Gasteiger partial charge is 0.393 e. The van der Waals surface area contributed by atoms with Crippen LogP contribution in [0, 0.1) is 12.8 Å². The summed E-state index contributed by atoms with van der Waals surface area (Å²) in [4.78, 5) is 2.29. The molecule has 17 heavy (non-hydrogen) atoms. The fraction of sp³-hybridized carbons (Fsp3) is 0.600. The van der Waals surface area contributed by atoms with Crippen molar-refractivity contribution in [1.29, 1.82) is 0 Å². The molecule has 1 aromatic rings. The maximum Gasteiger partial charge on any atom is 0.0585 e. The summed E-state index contributed by atoms with van der Waals surface area (Å²) < 4.78 is 0. The van der Waals surface area contributed by atoms with Gasteiger partial charge in [-0.05, 0) is 31.4 Å². The quantitative estimate of drug-likeness (QED) is 0.867. The van der Waals surface area contributed by atoms with Crippen molar-refractivity contribution in [2.24, 2.45) is 5.92 Å². The second-order valence-electron chi connectivity index (χ2n) is 5.28. The van der Waals surface area contributed by atoms with E-state index in [0.29, 0.717) is 5.92 Å². The molecule has 2 atom stereocenters. The van der Waals surface area contributed by atoms with Gasteiger partial charge in [-0.15, -0.1) is 0 Å². The molecule has 0 aliphatic heterocycles. The SMILES string of the molecule is Cc1ccccc1N(C)CC1CCCCC1O. The molecule has 1 N–H and O–H groups in total. The van der Waals surface area contributed by atoms with Crippen LogP contribution in [-0.2, 0) is 0 Å². The van der Waals surface area contributed by atoms with E-state index in [1.54, 1.807) is 0 Å². The van der Waals surface area contributed by atoms with Crippen LogP contribution in [0.2, 0.25) is 0 Å². The zero-order valence-corrected chi connectivity index (χ0v) is 10.9. The van der Waals surface area contributed by atoms with E-state index >= 15 is 0 Å². The lowest BCUT2D eigenvalue weighted by Crippen LogP contribution is -2.35. The van der Waals surface area contributed by atoms with Gasteiger partial charge in [0, 0.05) is 25.2 Å². The van der Waals surface area contributed by atoms with Crippen molar-refractivity contribution >= 4 is 5.69 Å². The normalized spacial score (nSPS) is 24.6. The molecule has 1 aromatic carbocycles. The number of hydrogen-bond acceptors (Lipinski definition) is 2. The number of aryl methyl sites for hydroxylation is 1. The molecule has 0 saturated heterocycles. The fourth-order valence-corrected chi connectivity index (χ4v) is 2.84. The van der Waals surface area contributed by atoms with Crippen LogP contribution in [0.15, 0.2) is 24.3 Å². The fourth-order valence-electron chi connectivity index (χ4n) is 2.84. The average molecular weight is 233 g/mol. The highest BCUT2D eigenvalue weighted by atomic mass is 16.3. The predicted molar refractivity (Wildman–Crippen MR) is 72.4 cm³/mol. The zero-order chi connectivity index (χ0) is 12.3. The maximum absolute atomic E-state index is 10.0. The smallest absolute Gasteiger partial charge is 0.0585 e. The molecule has 2 rings (SSSR count). The van der Waals surface area contributed by atoms with Crippen LogP contribution >= 0.6 is 0 Å². The molecule has 0 aromatic heterocycles. The van der Waals surface area contributed by atoms with Crippen molar-refractivity contribution in [3.63, 3.8) is 0 Å². The van der Waals surface area contributed by atoms with Gasteiger partial charge in [-0.1, -0.05) is 31.0 Å². The van der Waals surface area contributed by atoms with Gasteiger partial charge in [-0.2, -0.15) is 0 Å². The monoisotopic (exact) mass is 233 g/mol. The summed E-state index contributed by atoms with van der Waals surface area (Å²) in [6.07, 6.45) is 4.49. The molecule has 94 valence electrons. The third-order valence-electron chi connectivity index (χ3n) is 3.90. The maximum atomic E-state index is 10.0. The highest BCUT2D eigenvalue weighted by Gasteiger charge is 2.24. The van der Waals surface area contributed by atoms with Gasteiger partial charge in [0.1, 0.15) is 0 Å². The van der Waals surface area contributed by atoms with Crippen LogP contribution in [0.3, 0.4) is 0 Å². The Hall–Kier alpha value is -1.02. The first-order valence-corrected chi connectivity index (χ1v) is 6.63. The molecule has 2 unspecified atom stereocenters. The number of aliphatic hydroxyl groups excluding tert-OH is 1. The number of rotatable bonds is 3. The molecular weight excluding hydrogens is 210 g/mol. The summed E-state index contributed by atoms with van der Waals surface area (Å²) in [6, 6.07) is 8.45. The van der Waals surface area contributed by atoms with E-state index in [1.807, 2.05) is 0 Å². The first kappa shape index (κ1) is 12.4. The second-order valence-corrected chi connectivity index (χ2v) is 5.28. The Morgan fingerprint density at radius 3 is 2.65 bits per heavy atom. The predicted octanol–water partition coefficient (Wildman–Crippen LogP) is 2.98. The average Bonchev–Trinajstić information content (AvgIpc) is 2.32. The van der Waals surface area contributed by atoms with Crippen LogP contribution in [0.5, 0.6) is 0 Å². The number of para-hydroxylation sites is 1. The van der Waals surface area contributed by atoms with E-state index in [-0.39, 0.29) is 6.10 Å². The molecule has 0 bridgehead atoms. The van der Waals surface area contributed by atoms with E-state index in [1.165, 1.54) is 24.1 Å². The van der Waals surface area contributed by atoms with Crippen LogP contribution < -0.4 is 4.90 Å². The Labute approximate surface area is 104 Å². The Kier molecular flexibility index (Phi) is 4.06. The highest BCUT2D eigenvalue weighted by molar-refractivity contribution is 5.52. The summed E-state index contributed by atoms with van der Waals surface area (Å²) in [5.74, 6) is 0.438. The van der Waals surface area contributed by atoms with Crippen LogP contribution in [-0.4, -0.2) is 24.8 Å². The highest BCUT2D eigenvalue weighted by Crippen LogP contribution is 2.27. The molecular formula is C15H23NO. The molecule has 0 amide bonds. The number of benzene rings is 1. The summed E-state index contributed by atoms with van der Waals surface area (Å²) in [5.41, 5.74) is 2.59. The minimum Gasteiger partial charge on any atom is -0.393 e. The van der Waals surface area contributed by atoms with Gasteiger partial charge in [0.2, 0.25) is 0 Å². The Balaban J connectivity index is 2.01. The van der Waals surface area contributed by atoms with Gasteiger partial charge in [0.25, 0.3) is 0 Å². The van der Waals surface area contributed by atoms with Gasteiger partial charge < -0.3 is 10.0 Å². The molecule has 2 nitrogen and oxygen atoms in total. The topological polar surface area (TPSA) is 23.5 Å². The van der Waals surface area contributed by atoms with Crippen LogP contribution in [0.25, 0.3) is 0 Å². The zero-order valence-electron chi connectivity index (χ0n) is 10.9. The van der Waals surface area contributed by atoms with E-state index < -0.39 is 0 Å². The van der Waals surface area contributed by atoms with E-state index in [4.69, 9.17) is 0 Å². The first-order chi connectivity index (χ1) is 8.18. The molecule has 0 radical (unpaired) electrons. The van der Waals surface area contributed by atoms with Crippen molar-refractivity contribution in [2.45, 2.75) is 38.7 Å². The Morgan fingerprint density at radius 2 is 1.94 bits per heavy atom. The standard InChI is InChI=1S/C15H23NO/c1-12-7-3-5-9-14(12)16(2)11-13-8-4-6-10-15(13)17/h3,5,7,9,13,15,17H,4,6,8,10-11H2,1-2H3. The molecule has 0 spiro atoms. The van der Waals surface area contributed by atoms with Crippen LogP contribution in [0.1, 0.15) is 31.2 Å². The molecule has 1 aliphatic carbocycles. The second kappa shape index (κ2) is 5.54. The molecule has 1 aliphatic rings. The Morgan fingerprint density at radius 1 is 1.24 bits per heavy atom. The van der Waals surface area contributed by atoms with Gasteiger partial charge in [0.05, 0.1) is 6.10 Å². The molecule has 0 heterocycles. The van der Waals surface area contributed by atoms with Crippen molar-refractivity contribution in [1.82, 2.24) is 0 Å². The lowest BCUT2D eigenvalue weighted by Gasteiger charge is -2.32. The molecule has 2 heteroatoms.